The summed E-state index contributed by atoms with van der Waals surface area (Å²) in [6.45, 7) is 6.03. The highest BCUT2D eigenvalue weighted by Gasteiger charge is 2.15. The van der Waals surface area contributed by atoms with E-state index in [0.717, 1.165) is 28.9 Å². The Labute approximate surface area is 190 Å². The molecule has 3 aromatic rings. The molecule has 1 unspecified atom stereocenters. The van der Waals surface area contributed by atoms with Gasteiger partial charge in [-0.05, 0) is 49.9 Å². The van der Waals surface area contributed by atoms with Gasteiger partial charge in [0.05, 0.1) is 6.61 Å². The summed E-state index contributed by atoms with van der Waals surface area (Å²) < 4.78 is 10.6. The number of carbonyl (C=O) groups excluding carboxylic acids is 1. The number of benzene rings is 2. The number of carbonyl (C=O) groups is 1. The summed E-state index contributed by atoms with van der Waals surface area (Å²) in [6, 6.07) is 16.1. The molecule has 168 valence electrons. The lowest BCUT2D eigenvalue weighted by atomic mass is 10.0. The second-order valence-corrected chi connectivity index (χ2v) is 7.84. The minimum atomic E-state index is -0.647. The molecule has 3 rings (SSSR count). The number of aromatic nitrogens is 2. The highest BCUT2D eigenvalue weighted by molar-refractivity contribution is 5.74. The van der Waals surface area contributed by atoms with Gasteiger partial charge in [0.15, 0.2) is 11.9 Å². The standard InChI is InChI=1S/C27H32N2O3/c1-4-6-7-8-9-21-10-12-23(13-11-21)26-28-18-24(19-29-26)22-14-16-25(17-15-22)32-20(3)27(30)31-5-2/h10-20H,4-9H2,1-3H3. The van der Waals surface area contributed by atoms with E-state index < -0.39 is 6.10 Å². The van der Waals surface area contributed by atoms with E-state index >= 15 is 0 Å². The minimum Gasteiger partial charge on any atom is -0.479 e. The first-order valence-electron chi connectivity index (χ1n) is 11.5. The van der Waals surface area contributed by atoms with Crippen molar-refractivity contribution in [1.82, 2.24) is 9.97 Å². The molecule has 0 fully saturated rings. The van der Waals surface area contributed by atoms with E-state index in [1.54, 1.807) is 13.8 Å². The van der Waals surface area contributed by atoms with E-state index in [-0.39, 0.29) is 5.97 Å². The Bertz CT molecular complexity index is 967. The molecule has 1 atom stereocenters. The lowest BCUT2D eigenvalue weighted by Crippen LogP contribution is -2.25. The number of ether oxygens (including phenoxy) is 2. The van der Waals surface area contributed by atoms with Gasteiger partial charge in [-0.1, -0.05) is 62.6 Å². The molecule has 0 saturated heterocycles. The van der Waals surface area contributed by atoms with Gasteiger partial charge < -0.3 is 9.47 Å². The SMILES string of the molecule is CCCCCCc1ccc(-c2ncc(-c3ccc(OC(C)C(=O)OCC)cc3)cn2)cc1. The Balaban J connectivity index is 1.60. The summed E-state index contributed by atoms with van der Waals surface area (Å²) in [5.74, 6) is 0.959. The summed E-state index contributed by atoms with van der Waals surface area (Å²) >= 11 is 0. The van der Waals surface area contributed by atoms with E-state index in [2.05, 4.69) is 41.2 Å². The van der Waals surface area contributed by atoms with Gasteiger partial charge in [-0.15, -0.1) is 0 Å². The van der Waals surface area contributed by atoms with Gasteiger partial charge in [0.2, 0.25) is 0 Å². The molecule has 1 aromatic heterocycles. The monoisotopic (exact) mass is 432 g/mol. The molecule has 0 aliphatic rings. The summed E-state index contributed by atoms with van der Waals surface area (Å²) in [4.78, 5) is 20.8. The minimum absolute atomic E-state index is 0.338. The Kier molecular flexibility index (Phi) is 8.79. The van der Waals surface area contributed by atoms with Crippen molar-refractivity contribution in [2.45, 2.75) is 59.0 Å². The fourth-order valence-electron chi connectivity index (χ4n) is 3.44. The van der Waals surface area contributed by atoms with E-state index in [0.29, 0.717) is 12.4 Å². The number of hydrogen-bond acceptors (Lipinski definition) is 5. The van der Waals surface area contributed by atoms with Crippen LogP contribution in [0.1, 0.15) is 52.0 Å². The van der Waals surface area contributed by atoms with Crippen molar-refractivity contribution in [3.8, 4) is 28.3 Å². The number of esters is 1. The maximum Gasteiger partial charge on any atom is 0.347 e. The van der Waals surface area contributed by atoms with Crippen molar-refractivity contribution >= 4 is 5.97 Å². The van der Waals surface area contributed by atoms with Gasteiger partial charge in [0.25, 0.3) is 0 Å². The zero-order valence-electron chi connectivity index (χ0n) is 19.2. The Morgan fingerprint density at radius 1 is 0.844 bits per heavy atom. The highest BCUT2D eigenvalue weighted by Crippen LogP contribution is 2.24. The van der Waals surface area contributed by atoms with Crippen molar-refractivity contribution in [1.29, 1.82) is 0 Å². The smallest absolute Gasteiger partial charge is 0.347 e. The van der Waals surface area contributed by atoms with E-state index in [4.69, 9.17) is 9.47 Å². The topological polar surface area (TPSA) is 61.3 Å². The molecule has 1 heterocycles. The summed E-state index contributed by atoms with van der Waals surface area (Å²) in [6.07, 6.45) is 9.24. The Morgan fingerprint density at radius 3 is 2.12 bits per heavy atom. The van der Waals surface area contributed by atoms with Gasteiger partial charge >= 0.3 is 5.97 Å². The maximum absolute atomic E-state index is 11.7. The molecule has 0 radical (unpaired) electrons. The van der Waals surface area contributed by atoms with Crippen molar-refractivity contribution in [2.75, 3.05) is 6.61 Å². The lowest BCUT2D eigenvalue weighted by molar-refractivity contribution is -0.150. The number of hydrogen-bond donors (Lipinski definition) is 0. The predicted octanol–water partition coefficient (Wildman–Crippen LogP) is 6.26. The van der Waals surface area contributed by atoms with Crippen LogP contribution in [0.5, 0.6) is 5.75 Å². The molecule has 0 bridgehead atoms. The molecule has 0 saturated carbocycles. The normalized spacial score (nSPS) is 11.7. The average Bonchev–Trinajstić information content (AvgIpc) is 2.83. The number of unbranched alkanes of at least 4 members (excludes halogenated alkanes) is 3. The first kappa shape index (κ1) is 23.5. The Morgan fingerprint density at radius 2 is 1.50 bits per heavy atom. The molecule has 32 heavy (non-hydrogen) atoms. The molecule has 0 spiro atoms. The van der Waals surface area contributed by atoms with Crippen molar-refractivity contribution < 1.29 is 14.3 Å². The van der Waals surface area contributed by atoms with Crippen LogP contribution in [0.4, 0.5) is 0 Å². The fraction of sp³-hybridized carbons (Fsp3) is 0.370. The average molecular weight is 433 g/mol. The third-order valence-electron chi connectivity index (χ3n) is 5.30. The first-order valence-corrected chi connectivity index (χ1v) is 11.5. The van der Waals surface area contributed by atoms with Crippen LogP contribution >= 0.6 is 0 Å². The van der Waals surface area contributed by atoms with Crippen LogP contribution < -0.4 is 4.74 Å². The maximum atomic E-state index is 11.7. The number of rotatable bonds is 11. The lowest BCUT2D eigenvalue weighted by Gasteiger charge is -2.13. The van der Waals surface area contributed by atoms with E-state index in [1.165, 1.54) is 31.2 Å². The second-order valence-electron chi connectivity index (χ2n) is 7.84. The molecular formula is C27H32N2O3. The summed E-state index contributed by atoms with van der Waals surface area (Å²) in [5.41, 5.74) is 4.29. The third-order valence-corrected chi connectivity index (χ3v) is 5.30. The Hall–Kier alpha value is -3.21. The molecule has 0 aliphatic heterocycles. The highest BCUT2D eigenvalue weighted by atomic mass is 16.6. The molecule has 2 aromatic carbocycles. The molecule has 5 nitrogen and oxygen atoms in total. The summed E-state index contributed by atoms with van der Waals surface area (Å²) in [7, 11) is 0. The fourth-order valence-corrected chi connectivity index (χ4v) is 3.44. The second kappa shape index (κ2) is 12.0. The van der Waals surface area contributed by atoms with Gasteiger partial charge in [0.1, 0.15) is 5.75 Å². The van der Waals surface area contributed by atoms with Crippen LogP contribution in [0.2, 0.25) is 0 Å². The van der Waals surface area contributed by atoms with Crippen molar-refractivity contribution in [3.63, 3.8) is 0 Å². The number of nitrogens with zero attached hydrogens (tertiary/aromatic N) is 2. The molecule has 0 amide bonds. The summed E-state index contributed by atoms with van der Waals surface area (Å²) in [5, 5.41) is 0. The van der Waals surface area contributed by atoms with Crippen molar-refractivity contribution in [3.05, 3.63) is 66.5 Å². The molecular weight excluding hydrogens is 400 g/mol. The third kappa shape index (κ3) is 6.64. The largest absolute Gasteiger partial charge is 0.479 e. The van der Waals surface area contributed by atoms with Crippen LogP contribution in [0.3, 0.4) is 0 Å². The van der Waals surface area contributed by atoms with Crippen LogP contribution in [0, 0.1) is 0 Å². The molecule has 0 N–H and O–H groups in total. The zero-order valence-corrected chi connectivity index (χ0v) is 19.2. The van der Waals surface area contributed by atoms with Crippen LogP contribution in [0.15, 0.2) is 60.9 Å². The first-order chi connectivity index (χ1) is 15.6. The van der Waals surface area contributed by atoms with Crippen LogP contribution in [0.25, 0.3) is 22.5 Å². The van der Waals surface area contributed by atoms with Gasteiger partial charge in [0, 0.05) is 23.5 Å². The van der Waals surface area contributed by atoms with Gasteiger partial charge in [-0.25, -0.2) is 14.8 Å². The van der Waals surface area contributed by atoms with Gasteiger partial charge in [-0.2, -0.15) is 0 Å². The van der Waals surface area contributed by atoms with Gasteiger partial charge in [-0.3, -0.25) is 0 Å². The molecule has 0 aliphatic carbocycles. The van der Waals surface area contributed by atoms with Crippen LogP contribution in [-0.2, 0) is 16.0 Å². The quantitative estimate of drug-likeness (QED) is 0.264. The molecule has 5 heteroatoms. The van der Waals surface area contributed by atoms with Crippen molar-refractivity contribution in [2.24, 2.45) is 0 Å². The predicted molar refractivity (Wildman–Crippen MR) is 127 cm³/mol. The van der Waals surface area contributed by atoms with E-state index in [9.17, 15) is 4.79 Å². The van der Waals surface area contributed by atoms with E-state index in [1.807, 2.05) is 36.7 Å². The van der Waals surface area contributed by atoms with Crippen LogP contribution in [-0.4, -0.2) is 28.6 Å². The number of aryl methyl sites for hydroxylation is 1. The zero-order chi connectivity index (χ0) is 22.8.